The molecule has 168 valence electrons. The van der Waals surface area contributed by atoms with Crippen molar-refractivity contribution in [3.63, 3.8) is 0 Å². The molecule has 0 spiro atoms. The second kappa shape index (κ2) is 9.21. The maximum atomic E-state index is 11.5. The Morgan fingerprint density at radius 3 is 2.52 bits per heavy atom. The molecular weight excluding hydrogens is 434 g/mol. The molecule has 0 radical (unpaired) electrons. The minimum Gasteiger partial charge on any atom is -0.494 e. The zero-order valence-electron chi connectivity index (χ0n) is 18.1. The van der Waals surface area contributed by atoms with Gasteiger partial charge in [0.25, 0.3) is 0 Å². The highest BCUT2D eigenvalue weighted by molar-refractivity contribution is 7.08. The maximum absolute atomic E-state index is 11.5. The lowest BCUT2D eigenvalue weighted by Crippen LogP contribution is -2.28. The van der Waals surface area contributed by atoms with Crippen LogP contribution in [0.3, 0.4) is 0 Å². The second-order valence-corrected chi connectivity index (χ2v) is 9.17. The molecular formula is C26H25N3O3S. The van der Waals surface area contributed by atoms with Gasteiger partial charge in [-0.1, -0.05) is 18.6 Å². The van der Waals surface area contributed by atoms with Gasteiger partial charge in [0.15, 0.2) is 5.88 Å². The largest absolute Gasteiger partial charge is 0.494 e. The molecule has 5 rings (SSSR count). The molecule has 4 aromatic rings. The number of nitrogens with one attached hydrogen (secondary N) is 1. The molecule has 1 aliphatic heterocycles. The first kappa shape index (κ1) is 21.4. The van der Waals surface area contributed by atoms with Gasteiger partial charge in [0.05, 0.1) is 22.5 Å². The highest BCUT2D eigenvalue weighted by Gasteiger charge is 2.20. The van der Waals surface area contributed by atoms with Crippen molar-refractivity contribution in [2.75, 3.05) is 13.1 Å². The molecule has 6 nitrogen and oxygen atoms in total. The summed E-state index contributed by atoms with van der Waals surface area (Å²) >= 11 is 1.54. The van der Waals surface area contributed by atoms with Crippen molar-refractivity contribution in [1.29, 1.82) is 0 Å². The van der Waals surface area contributed by atoms with Crippen molar-refractivity contribution in [3.8, 4) is 5.88 Å². The van der Waals surface area contributed by atoms with E-state index in [1.807, 2.05) is 29.0 Å². The molecule has 0 amide bonds. The number of thiophene rings is 1. The van der Waals surface area contributed by atoms with E-state index in [0.717, 1.165) is 30.9 Å². The summed E-state index contributed by atoms with van der Waals surface area (Å²) in [6, 6.07) is 14.9. The Morgan fingerprint density at radius 1 is 1.03 bits per heavy atom. The molecule has 33 heavy (non-hydrogen) atoms. The summed E-state index contributed by atoms with van der Waals surface area (Å²) in [6.45, 7) is 3.25. The number of piperidine rings is 1. The van der Waals surface area contributed by atoms with Crippen molar-refractivity contribution in [2.45, 2.75) is 25.8 Å². The zero-order valence-corrected chi connectivity index (χ0v) is 18.9. The molecule has 3 heterocycles. The topological polar surface area (TPSA) is 88.9 Å². The number of benzene rings is 2. The van der Waals surface area contributed by atoms with Crippen LogP contribution >= 0.6 is 11.3 Å². The quantitative estimate of drug-likeness (QED) is 0.319. The minimum atomic E-state index is -1.01. The summed E-state index contributed by atoms with van der Waals surface area (Å²) in [5, 5.41) is 24.7. The van der Waals surface area contributed by atoms with Gasteiger partial charge in [-0.2, -0.15) is 11.3 Å². The number of likely N-dealkylation sites (tertiary alicyclic amines) is 1. The Morgan fingerprint density at radius 2 is 1.82 bits per heavy atom. The lowest BCUT2D eigenvalue weighted by molar-refractivity contribution is 0.0697. The number of hydrogen-bond donors (Lipinski definition) is 3. The van der Waals surface area contributed by atoms with Crippen LogP contribution in [0, 0.1) is 0 Å². The van der Waals surface area contributed by atoms with Crippen LogP contribution in [0.1, 0.15) is 46.3 Å². The first-order valence-electron chi connectivity index (χ1n) is 11.1. The Kier molecular flexibility index (Phi) is 5.98. The van der Waals surface area contributed by atoms with Gasteiger partial charge in [-0.15, -0.1) is 0 Å². The number of H-pyrrole nitrogens is 1. The van der Waals surface area contributed by atoms with Crippen LogP contribution < -0.4 is 0 Å². The van der Waals surface area contributed by atoms with E-state index in [-0.39, 0.29) is 11.4 Å². The number of rotatable bonds is 6. The smallest absolute Gasteiger partial charge is 0.335 e. The van der Waals surface area contributed by atoms with Crippen LogP contribution in [0.2, 0.25) is 0 Å². The number of carboxylic acids is 1. The van der Waals surface area contributed by atoms with Gasteiger partial charge >= 0.3 is 5.97 Å². The number of aliphatic imine (C=N–C) groups is 1. The van der Waals surface area contributed by atoms with Gasteiger partial charge < -0.3 is 15.2 Å². The predicted octanol–water partition coefficient (Wildman–Crippen LogP) is 5.79. The van der Waals surface area contributed by atoms with E-state index in [9.17, 15) is 15.0 Å². The van der Waals surface area contributed by atoms with Gasteiger partial charge in [0.1, 0.15) is 0 Å². The Labute approximate surface area is 195 Å². The summed E-state index contributed by atoms with van der Waals surface area (Å²) in [6.07, 6.45) is 3.86. The van der Waals surface area contributed by atoms with E-state index in [0.29, 0.717) is 22.2 Å². The van der Waals surface area contributed by atoms with Crippen molar-refractivity contribution < 1.29 is 15.0 Å². The third-order valence-corrected chi connectivity index (χ3v) is 6.77. The number of hydrogen-bond acceptors (Lipinski definition) is 5. The number of nitrogens with zero attached hydrogens (tertiary/aromatic N) is 2. The molecule has 0 aliphatic carbocycles. The van der Waals surface area contributed by atoms with E-state index in [4.69, 9.17) is 4.99 Å². The van der Waals surface area contributed by atoms with Crippen LogP contribution in [0.25, 0.3) is 10.9 Å². The van der Waals surface area contributed by atoms with Gasteiger partial charge in [0.2, 0.25) is 0 Å². The molecule has 1 saturated heterocycles. The molecule has 0 saturated carbocycles. The fraction of sp³-hybridized carbons (Fsp3) is 0.231. The number of aromatic hydroxyl groups is 1. The molecule has 0 atom stereocenters. The molecule has 0 bridgehead atoms. The van der Waals surface area contributed by atoms with Crippen LogP contribution in [0.15, 0.2) is 64.3 Å². The number of aromatic carboxylic acids is 1. The standard InChI is InChI=1S/C26H25N3O3S/c30-25-23(21-14-18(26(31)32)6-9-22(21)28-25)24(19-10-13-33-16-19)27-20-7-4-17(5-8-20)15-29-11-2-1-3-12-29/h4-10,13-14,16,28,30H,1-3,11-12,15H2,(H,31,32). The van der Waals surface area contributed by atoms with Crippen molar-refractivity contribution in [2.24, 2.45) is 4.99 Å². The third kappa shape index (κ3) is 4.55. The summed E-state index contributed by atoms with van der Waals surface area (Å²) < 4.78 is 0. The molecule has 1 fully saturated rings. The molecule has 2 aromatic heterocycles. The molecule has 7 heteroatoms. The normalized spacial score (nSPS) is 15.2. The van der Waals surface area contributed by atoms with Gasteiger partial charge in [-0.25, -0.2) is 9.79 Å². The fourth-order valence-corrected chi connectivity index (χ4v) is 5.04. The first-order chi connectivity index (χ1) is 16.1. The molecule has 0 unspecified atom stereocenters. The van der Waals surface area contributed by atoms with Crippen LogP contribution in [-0.4, -0.2) is 44.9 Å². The number of carboxylic acid groups (broad SMARTS) is 1. The van der Waals surface area contributed by atoms with Crippen LogP contribution in [-0.2, 0) is 6.54 Å². The SMILES string of the molecule is O=C(O)c1ccc2[nH]c(O)c(C(=Nc3ccc(CN4CCCCC4)cc3)c3ccsc3)c2c1. The number of aromatic amines is 1. The van der Waals surface area contributed by atoms with Gasteiger partial charge in [0, 0.05) is 28.4 Å². The van der Waals surface area contributed by atoms with E-state index in [1.54, 1.807) is 23.5 Å². The summed E-state index contributed by atoms with van der Waals surface area (Å²) in [4.78, 5) is 21.9. The summed E-state index contributed by atoms with van der Waals surface area (Å²) in [7, 11) is 0. The number of carbonyl (C=O) groups is 1. The van der Waals surface area contributed by atoms with Crippen LogP contribution in [0.5, 0.6) is 5.88 Å². The fourth-order valence-electron chi connectivity index (χ4n) is 4.40. The highest BCUT2D eigenvalue weighted by Crippen LogP contribution is 2.33. The predicted molar refractivity (Wildman–Crippen MR) is 132 cm³/mol. The Bertz CT molecular complexity index is 1300. The van der Waals surface area contributed by atoms with Crippen molar-refractivity contribution in [3.05, 3.63) is 81.5 Å². The van der Waals surface area contributed by atoms with Gasteiger partial charge in [-0.05, 0) is 73.3 Å². The average Bonchev–Trinajstić information content (AvgIpc) is 3.46. The number of fused-ring (bicyclic) bond motifs is 1. The van der Waals surface area contributed by atoms with E-state index in [2.05, 4.69) is 22.0 Å². The third-order valence-electron chi connectivity index (χ3n) is 6.09. The molecule has 3 N–H and O–H groups in total. The highest BCUT2D eigenvalue weighted by atomic mass is 32.1. The van der Waals surface area contributed by atoms with E-state index in [1.165, 1.54) is 30.9 Å². The molecule has 2 aromatic carbocycles. The maximum Gasteiger partial charge on any atom is 0.335 e. The average molecular weight is 460 g/mol. The van der Waals surface area contributed by atoms with Gasteiger partial charge in [-0.3, -0.25) is 4.90 Å². The lowest BCUT2D eigenvalue weighted by Gasteiger charge is -2.26. The molecule has 1 aliphatic rings. The lowest BCUT2D eigenvalue weighted by atomic mass is 10.0. The van der Waals surface area contributed by atoms with Crippen molar-refractivity contribution in [1.82, 2.24) is 9.88 Å². The van der Waals surface area contributed by atoms with E-state index >= 15 is 0 Å². The van der Waals surface area contributed by atoms with Crippen molar-refractivity contribution >= 4 is 39.6 Å². The second-order valence-electron chi connectivity index (χ2n) is 8.39. The van der Waals surface area contributed by atoms with E-state index < -0.39 is 5.97 Å². The Balaban J connectivity index is 1.54. The summed E-state index contributed by atoms with van der Waals surface area (Å²) in [5.41, 5.74) is 4.84. The zero-order chi connectivity index (χ0) is 22.8. The summed E-state index contributed by atoms with van der Waals surface area (Å²) in [5.74, 6) is -1.04. The van der Waals surface area contributed by atoms with Crippen LogP contribution in [0.4, 0.5) is 5.69 Å². The Hall–Kier alpha value is -3.42. The first-order valence-corrected chi connectivity index (χ1v) is 12.0. The monoisotopic (exact) mass is 459 g/mol. The minimum absolute atomic E-state index is 0.0285. The number of aromatic nitrogens is 1.